The highest BCUT2D eigenvalue weighted by Crippen LogP contribution is 2.29. The highest BCUT2D eigenvalue weighted by Gasteiger charge is 2.32. The summed E-state index contributed by atoms with van der Waals surface area (Å²) in [4.78, 5) is 29.3. The van der Waals surface area contributed by atoms with Crippen molar-refractivity contribution in [3.63, 3.8) is 0 Å². The number of benzene rings is 1. The number of para-hydroxylation sites is 1. The lowest BCUT2D eigenvalue weighted by atomic mass is 9.80. The molecule has 6 nitrogen and oxygen atoms in total. The highest BCUT2D eigenvalue weighted by atomic mass is 16.2. The average Bonchev–Trinajstić information content (AvgIpc) is 2.69. The quantitative estimate of drug-likeness (QED) is 0.854. The lowest BCUT2D eigenvalue weighted by Crippen LogP contribution is -2.49. The minimum Gasteiger partial charge on any atom is -0.355 e. The van der Waals surface area contributed by atoms with Gasteiger partial charge in [-0.15, -0.1) is 0 Å². The molecule has 1 unspecified atom stereocenters. The molecule has 27 heavy (non-hydrogen) atoms. The third kappa shape index (κ3) is 5.45. The maximum atomic E-state index is 12.7. The fourth-order valence-electron chi connectivity index (χ4n) is 3.88. The van der Waals surface area contributed by atoms with Crippen LogP contribution in [0.4, 0.5) is 10.5 Å². The van der Waals surface area contributed by atoms with E-state index in [1.54, 1.807) is 4.90 Å². The van der Waals surface area contributed by atoms with Crippen LogP contribution in [-0.2, 0) is 4.79 Å². The second kappa shape index (κ2) is 8.74. The van der Waals surface area contributed by atoms with Crippen LogP contribution in [0.5, 0.6) is 0 Å². The smallest absolute Gasteiger partial charge is 0.321 e. The number of hydrogen-bond donors (Lipinski definition) is 2. The zero-order valence-corrected chi connectivity index (χ0v) is 16.5. The molecule has 2 heterocycles. The third-order valence-electron chi connectivity index (χ3n) is 5.99. The molecule has 0 bridgehead atoms. The minimum atomic E-state index is -0.124. The summed E-state index contributed by atoms with van der Waals surface area (Å²) in [5, 5.41) is 6.09. The van der Waals surface area contributed by atoms with Crippen LogP contribution >= 0.6 is 0 Å². The van der Waals surface area contributed by atoms with Gasteiger partial charge in [0.15, 0.2) is 0 Å². The molecule has 0 saturated carbocycles. The molecule has 1 atom stereocenters. The number of amides is 3. The zero-order valence-electron chi connectivity index (χ0n) is 16.5. The molecule has 1 aromatic carbocycles. The number of anilines is 1. The van der Waals surface area contributed by atoms with Gasteiger partial charge in [-0.2, -0.15) is 0 Å². The zero-order chi connectivity index (χ0) is 19.3. The van der Waals surface area contributed by atoms with Crippen molar-refractivity contribution in [2.24, 2.45) is 11.3 Å². The molecule has 2 aliphatic rings. The van der Waals surface area contributed by atoms with Crippen molar-refractivity contribution in [2.75, 3.05) is 45.1 Å². The van der Waals surface area contributed by atoms with Gasteiger partial charge in [-0.05, 0) is 63.4 Å². The normalized spacial score (nSPS) is 22.9. The third-order valence-corrected chi connectivity index (χ3v) is 5.99. The number of nitrogens with one attached hydrogen (secondary N) is 2. The Morgan fingerprint density at radius 3 is 2.56 bits per heavy atom. The van der Waals surface area contributed by atoms with Crippen molar-refractivity contribution < 1.29 is 9.59 Å². The SMILES string of the molecule is CN1CCC(C)(CNC(=O)C2CCCN(C(=O)Nc3ccccc3)C2)CC1. The van der Waals surface area contributed by atoms with Gasteiger partial charge in [0.1, 0.15) is 0 Å². The van der Waals surface area contributed by atoms with Gasteiger partial charge in [-0.1, -0.05) is 25.1 Å². The van der Waals surface area contributed by atoms with Gasteiger partial charge in [0, 0.05) is 25.3 Å². The van der Waals surface area contributed by atoms with Crippen LogP contribution in [0.25, 0.3) is 0 Å². The number of nitrogens with zero attached hydrogens (tertiary/aromatic N) is 2. The standard InChI is InChI=1S/C21H32N4O2/c1-21(10-13-24(2)14-11-21)16-22-19(26)17-7-6-12-25(15-17)20(27)23-18-8-4-3-5-9-18/h3-5,8-9,17H,6-7,10-16H2,1-2H3,(H,22,26)(H,23,27). The number of rotatable bonds is 4. The van der Waals surface area contributed by atoms with Crippen molar-refractivity contribution in [2.45, 2.75) is 32.6 Å². The summed E-state index contributed by atoms with van der Waals surface area (Å²) >= 11 is 0. The summed E-state index contributed by atoms with van der Waals surface area (Å²) in [7, 11) is 2.15. The number of piperidine rings is 2. The van der Waals surface area contributed by atoms with Crippen molar-refractivity contribution in [3.8, 4) is 0 Å². The maximum Gasteiger partial charge on any atom is 0.321 e. The molecule has 3 rings (SSSR count). The number of likely N-dealkylation sites (tertiary alicyclic amines) is 2. The first-order valence-electron chi connectivity index (χ1n) is 10.0. The Balaban J connectivity index is 1.48. The van der Waals surface area contributed by atoms with Crippen LogP contribution in [0.2, 0.25) is 0 Å². The Kier molecular flexibility index (Phi) is 6.37. The predicted molar refractivity (Wildman–Crippen MR) is 108 cm³/mol. The van der Waals surface area contributed by atoms with Gasteiger partial charge in [-0.25, -0.2) is 4.79 Å². The van der Waals surface area contributed by atoms with Crippen molar-refractivity contribution >= 4 is 17.6 Å². The fraction of sp³-hybridized carbons (Fsp3) is 0.619. The van der Waals surface area contributed by atoms with Crippen LogP contribution in [0.15, 0.2) is 30.3 Å². The Hall–Kier alpha value is -2.08. The first-order valence-corrected chi connectivity index (χ1v) is 10.0. The molecule has 0 aromatic heterocycles. The topological polar surface area (TPSA) is 64.7 Å². The van der Waals surface area contributed by atoms with E-state index in [0.29, 0.717) is 13.1 Å². The van der Waals surface area contributed by atoms with E-state index in [1.165, 1.54) is 0 Å². The fourth-order valence-corrected chi connectivity index (χ4v) is 3.88. The second-order valence-electron chi connectivity index (χ2n) is 8.41. The van der Waals surface area contributed by atoms with E-state index < -0.39 is 0 Å². The van der Waals surface area contributed by atoms with Crippen LogP contribution in [0, 0.1) is 11.3 Å². The Bertz CT molecular complexity index is 641. The summed E-state index contributed by atoms with van der Waals surface area (Å²) in [6.07, 6.45) is 3.93. The molecule has 0 aliphatic carbocycles. The van der Waals surface area contributed by atoms with Crippen molar-refractivity contribution in [1.82, 2.24) is 15.1 Å². The molecular formula is C21H32N4O2. The molecule has 148 valence electrons. The average molecular weight is 373 g/mol. The molecule has 2 fully saturated rings. The van der Waals surface area contributed by atoms with Crippen LogP contribution in [0.1, 0.15) is 32.6 Å². The number of urea groups is 1. The van der Waals surface area contributed by atoms with Crippen LogP contribution in [-0.4, -0.2) is 61.5 Å². The van der Waals surface area contributed by atoms with Gasteiger partial charge in [0.25, 0.3) is 0 Å². The van der Waals surface area contributed by atoms with E-state index in [-0.39, 0.29) is 23.3 Å². The van der Waals surface area contributed by atoms with Crippen molar-refractivity contribution in [1.29, 1.82) is 0 Å². The summed E-state index contributed by atoms with van der Waals surface area (Å²) in [5.41, 5.74) is 0.963. The van der Waals surface area contributed by atoms with E-state index in [4.69, 9.17) is 0 Å². The largest absolute Gasteiger partial charge is 0.355 e. The van der Waals surface area contributed by atoms with Crippen LogP contribution in [0.3, 0.4) is 0 Å². The van der Waals surface area contributed by atoms with E-state index in [9.17, 15) is 9.59 Å². The summed E-state index contributed by atoms with van der Waals surface area (Å²) < 4.78 is 0. The van der Waals surface area contributed by atoms with Crippen LogP contribution < -0.4 is 10.6 Å². The lowest BCUT2D eigenvalue weighted by Gasteiger charge is -2.38. The van der Waals surface area contributed by atoms with Gasteiger partial charge in [-0.3, -0.25) is 4.79 Å². The summed E-state index contributed by atoms with van der Waals surface area (Å²) in [5.74, 6) is -0.0255. The molecule has 2 N–H and O–H groups in total. The maximum absolute atomic E-state index is 12.7. The first-order chi connectivity index (χ1) is 13.0. The lowest BCUT2D eigenvalue weighted by molar-refractivity contribution is -0.126. The van der Waals surface area contributed by atoms with E-state index in [1.807, 2.05) is 30.3 Å². The van der Waals surface area contributed by atoms with E-state index in [0.717, 1.165) is 51.0 Å². The Morgan fingerprint density at radius 1 is 1.15 bits per heavy atom. The number of carbonyl (C=O) groups is 2. The first kappa shape index (κ1) is 19.7. The van der Waals surface area contributed by atoms with E-state index in [2.05, 4.69) is 29.5 Å². The predicted octanol–water partition coefficient (Wildman–Crippen LogP) is 2.78. The Morgan fingerprint density at radius 2 is 1.85 bits per heavy atom. The number of hydrogen-bond acceptors (Lipinski definition) is 3. The highest BCUT2D eigenvalue weighted by molar-refractivity contribution is 5.90. The number of carbonyl (C=O) groups excluding carboxylic acids is 2. The summed E-state index contributed by atoms with van der Waals surface area (Å²) in [6.45, 7) is 6.36. The Labute approximate surface area is 162 Å². The molecule has 0 spiro atoms. The molecule has 0 radical (unpaired) electrons. The van der Waals surface area contributed by atoms with E-state index >= 15 is 0 Å². The van der Waals surface area contributed by atoms with Gasteiger partial charge < -0.3 is 20.4 Å². The molecule has 1 aromatic rings. The molecule has 6 heteroatoms. The minimum absolute atomic E-state index is 0.0902. The van der Waals surface area contributed by atoms with Gasteiger partial charge in [0.2, 0.25) is 5.91 Å². The summed E-state index contributed by atoms with van der Waals surface area (Å²) in [6, 6.07) is 9.32. The molecule has 2 aliphatic heterocycles. The van der Waals surface area contributed by atoms with Crippen molar-refractivity contribution in [3.05, 3.63) is 30.3 Å². The molecular weight excluding hydrogens is 340 g/mol. The molecule has 2 saturated heterocycles. The molecule has 3 amide bonds. The van der Waals surface area contributed by atoms with Gasteiger partial charge >= 0.3 is 6.03 Å². The second-order valence-corrected chi connectivity index (χ2v) is 8.41. The monoisotopic (exact) mass is 372 g/mol. The van der Waals surface area contributed by atoms with Gasteiger partial charge in [0.05, 0.1) is 5.92 Å².